The predicted octanol–water partition coefficient (Wildman–Crippen LogP) is 2.49. The summed E-state index contributed by atoms with van der Waals surface area (Å²) in [5.74, 6) is 0.397. The quantitative estimate of drug-likeness (QED) is 0.688. The molecule has 3 rings (SSSR count). The maximum absolute atomic E-state index is 11.1. The van der Waals surface area contributed by atoms with E-state index >= 15 is 0 Å². The predicted molar refractivity (Wildman–Crippen MR) is 87.2 cm³/mol. The normalized spacial score (nSPS) is 12.2. The number of rotatable bonds is 4. The molecule has 8 heteroatoms. The van der Waals surface area contributed by atoms with E-state index in [-0.39, 0.29) is 0 Å². The summed E-state index contributed by atoms with van der Waals surface area (Å²) < 4.78 is 14.0. The van der Waals surface area contributed by atoms with Gasteiger partial charge in [0.2, 0.25) is 0 Å². The molecule has 0 bridgehead atoms. The van der Waals surface area contributed by atoms with Crippen LogP contribution in [-0.4, -0.2) is 25.9 Å². The fourth-order valence-electron chi connectivity index (χ4n) is 1.91. The number of aromatic nitrogens is 3. The highest BCUT2D eigenvalue weighted by Crippen LogP contribution is 2.35. The summed E-state index contributed by atoms with van der Waals surface area (Å²) in [6, 6.07) is 11.8. The Morgan fingerprint density at radius 3 is 2.48 bits per heavy atom. The van der Waals surface area contributed by atoms with E-state index in [4.69, 9.17) is 5.73 Å². The number of anilines is 2. The van der Waals surface area contributed by atoms with Gasteiger partial charge >= 0.3 is 0 Å². The van der Waals surface area contributed by atoms with Crippen LogP contribution in [0.15, 0.2) is 36.4 Å². The van der Waals surface area contributed by atoms with Crippen LogP contribution in [0.4, 0.5) is 11.5 Å². The number of hydrogen-bond acceptors (Lipinski definition) is 5. The van der Waals surface area contributed by atoms with Gasteiger partial charge in [-0.15, -0.1) is 16.4 Å². The Morgan fingerprint density at radius 1 is 1.14 bits per heavy atom. The van der Waals surface area contributed by atoms with E-state index in [1.165, 1.54) is 0 Å². The molecule has 0 aliphatic rings. The molecular weight excluding hydrogens is 306 g/mol. The molecule has 0 saturated heterocycles. The SMILES string of the molecule is CS(=O)Nc1ccc(-c2ccc(-c3n[nH]nc3N)s2)cc1. The van der Waals surface area contributed by atoms with Crippen molar-refractivity contribution in [3.05, 3.63) is 36.4 Å². The van der Waals surface area contributed by atoms with E-state index in [2.05, 4.69) is 20.1 Å². The summed E-state index contributed by atoms with van der Waals surface area (Å²) >= 11 is 1.59. The summed E-state index contributed by atoms with van der Waals surface area (Å²) in [4.78, 5) is 2.07. The van der Waals surface area contributed by atoms with Crippen molar-refractivity contribution in [2.24, 2.45) is 0 Å². The highest BCUT2D eigenvalue weighted by molar-refractivity contribution is 7.85. The molecule has 3 aromatic rings. The van der Waals surface area contributed by atoms with Gasteiger partial charge < -0.3 is 10.5 Å². The molecule has 0 fully saturated rings. The number of nitrogens with one attached hydrogen (secondary N) is 2. The Bertz CT molecular complexity index is 778. The Balaban J connectivity index is 1.86. The van der Waals surface area contributed by atoms with Crippen LogP contribution in [0.5, 0.6) is 0 Å². The van der Waals surface area contributed by atoms with Crippen molar-refractivity contribution in [2.75, 3.05) is 16.7 Å². The lowest BCUT2D eigenvalue weighted by Crippen LogP contribution is -2.00. The first-order chi connectivity index (χ1) is 10.1. The van der Waals surface area contributed by atoms with Crippen LogP contribution in [0.25, 0.3) is 21.0 Å². The third kappa shape index (κ3) is 2.96. The van der Waals surface area contributed by atoms with E-state index in [1.807, 2.05) is 36.4 Å². The molecule has 0 amide bonds. The molecule has 1 aromatic carbocycles. The summed E-state index contributed by atoms with van der Waals surface area (Å²) in [5, 5.41) is 10.4. The summed E-state index contributed by atoms with van der Waals surface area (Å²) in [5.41, 5.74) is 8.34. The molecule has 21 heavy (non-hydrogen) atoms. The Hall–Kier alpha value is -2.19. The minimum Gasteiger partial charge on any atom is -0.380 e. The second-order valence-corrected chi connectivity index (χ2v) is 6.55. The number of benzene rings is 1. The average Bonchev–Trinajstić information content (AvgIpc) is 3.07. The van der Waals surface area contributed by atoms with E-state index in [9.17, 15) is 4.21 Å². The zero-order chi connectivity index (χ0) is 14.8. The molecule has 6 nitrogen and oxygen atoms in total. The summed E-state index contributed by atoms with van der Waals surface area (Å²) in [6.07, 6.45) is 1.60. The van der Waals surface area contributed by atoms with Crippen molar-refractivity contribution in [3.63, 3.8) is 0 Å². The number of H-pyrrole nitrogens is 1. The third-order valence-corrected chi connectivity index (χ3v) is 4.51. The molecule has 0 aliphatic carbocycles. The van der Waals surface area contributed by atoms with Crippen LogP contribution < -0.4 is 10.5 Å². The minimum atomic E-state index is -1.07. The van der Waals surface area contributed by atoms with Gasteiger partial charge in [0.15, 0.2) is 5.82 Å². The third-order valence-electron chi connectivity index (χ3n) is 2.85. The van der Waals surface area contributed by atoms with Crippen molar-refractivity contribution >= 4 is 33.8 Å². The first kappa shape index (κ1) is 13.8. The number of thiophene rings is 1. The number of nitrogens with zero attached hydrogens (tertiary/aromatic N) is 2. The van der Waals surface area contributed by atoms with E-state index < -0.39 is 11.0 Å². The maximum atomic E-state index is 11.1. The molecule has 2 aromatic heterocycles. The molecule has 1 atom stereocenters. The first-order valence-corrected chi connectivity index (χ1v) is 8.48. The number of nitrogens with two attached hydrogens (primary N) is 1. The number of nitrogen functional groups attached to an aromatic ring is 1. The Kier molecular flexibility index (Phi) is 3.72. The van der Waals surface area contributed by atoms with E-state index in [0.717, 1.165) is 21.0 Å². The monoisotopic (exact) mass is 319 g/mol. The zero-order valence-electron chi connectivity index (χ0n) is 11.2. The summed E-state index contributed by atoms with van der Waals surface area (Å²) in [6.45, 7) is 0. The van der Waals surface area contributed by atoms with E-state index in [1.54, 1.807) is 17.6 Å². The van der Waals surface area contributed by atoms with Gasteiger partial charge in [0.25, 0.3) is 0 Å². The average molecular weight is 319 g/mol. The van der Waals surface area contributed by atoms with Crippen LogP contribution in [0.3, 0.4) is 0 Å². The molecule has 4 N–H and O–H groups in total. The Morgan fingerprint density at radius 2 is 1.86 bits per heavy atom. The van der Waals surface area contributed by atoms with Gasteiger partial charge in [0.1, 0.15) is 16.7 Å². The van der Waals surface area contributed by atoms with Crippen molar-refractivity contribution in [3.8, 4) is 21.0 Å². The molecule has 108 valence electrons. The second-order valence-electron chi connectivity index (χ2n) is 4.35. The summed E-state index contributed by atoms with van der Waals surface area (Å²) in [7, 11) is -1.07. The second kappa shape index (κ2) is 5.66. The lowest BCUT2D eigenvalue weighted by atomic mass is 10.2. The fourth-order valence-corrected chi connectivity index (χ4v) is 3.39. The van der Waals surface area contributed by atoms with Gasteiger partial charge in [0.05, 0.1) is 4.88 Å². The van der Waals surface area contributed by atoms with Crippen LogP contribution in [-0.2, 0) is 11.0 Å². The van der Waals surface area contributed by atoms with Crippen molar-refractivity contribution in [1.29, 1.82) is 0 Å². The minimum absolute atomic E-state index is 0.397. The van der Waals surface area contributed by atoms with Crippen molar-refractivity contribution < 1.29 is 4.21 Å². The lowest BCUT2D eigenvalue weighted by molar-refractivity contribution is 0.690. The van der Waals surface area contributed by atoms with Gasteiger partial charge in [0, 0.05) is 16.8 Å². The highest BCUT2D eigenvalue weighted by atomic mass is 32.2. The molecule has 0 saturated carbocycles. The topological polar surface area (TPSA) is 96.7 Å². The molecule has 2 heterocycles. The van der Waals surface area contributed by atoms with Crippen LogP contribution in [0.2, 0.25) is 0 Å². The molecular formula is C13H13N5OS2. The van der Waals surface area contributed by atoms with Crippen LogP contribution >= 0.6 is 11.3 Å². The van der Waals surface area contributed by atoms with Gasteiger partial charge in [-0.25, -0.2) is 4.21 Å². The fraction of sp³-hybridized carbons (Fsp3) is 0.0769. The molecule has 0 aliphatic heterocycles. The van der Waals surface area contributed by atoms with Crippen molar-refractivity contribution in [1.82, 2.24) is 15.4 Å². The van der Waals surface area contributed by atoms with Gasteiger partial charge in [-0.1, -0.05) is 12.1 Å². The Labute approximate surface area is 128 Å². The number of aromatic amines is 1. The molecule has 0 spiro atoms. The molecule has 0 radical (unpaired) electrons. The van der Waals surface area contributed by atoms with E-state index in [0.29, 0.717) is 11.5 Å². The highest BCUT2D eigenvalue weighted by Gasteiger charge is 2.11. The smallest absolute Gasteiger partial charge is 0.174 e. The van der Waals surface area contributed by atoms with Crippen LogP contribution in [0.1, 0.15) is 0 Å². The van der Waals surface area contributed by atoms with Gasteiger partial charge in [-0.3, -0.25) is 0 Å². The lowest BCUT2D eigenvalue weighted by Gasteiger charge is -2.03. The van der Waals surface area contributed by atoms with Crippen molar-refractivity contribution in [2.45, 2.75) is 0 Å². The zero-order valence-corrected chi connectivity index (χ0v) is 12.8. The first-order valence-electron chi connectivity index (χ1n) is 6.10. The van der Waals surface area contributed by atoms with Gasteiger partial charge in [-0.2, -0.15) is 10.3 Å². The molecule has 1 unspecified atom stereocenters. The largest absolute Gasteiger partial charge is 0.380 e. The van der Waals surface area contributed by atoms with Crippen LogP contribution in [0, 0.1) is 0 Å². The van der Waals surface area contributed by atoms with Gasteiger partial charge in [-0.05, 0) is 29.8 Å². The standard InChI is InChI=1S/C13H13N5OS2/c1-21(19)17-9-4-2-8(3-5-9)10-6-7-11(20-10)12-13(14)16-18-15-12/h2-7,17H,1H3,(H3,14,15,16,18). The number of hydrogen-bond donors (Lipinski definition) is 3. The maximum Gasteiger partial charge on any atom is 0.174 e.